The number of esters is 2. The number of phosphoric ester groups is 1. The topological polar surface area (TPSA) is 209 Å². The van der Waals surface area contributed by atoms with Crippen molar-refractivity contribution >= 4 is 31.5 Å². The Bertz CT molecular complexity index is 1370. The van der Waals surface area contributed by atoms with Crippen LogP contribution in [0.3, 0.4) is 0 Å². The van der Waals surface area contributed by atoms with Crippen LogP contribution in [0.4, 0.5) is 0 Å². The Balaban J connectivity index is 2.35. The molecule has 6 atom stereocenters. The molecular formula is C50H88NO12P. The molecule has 0 spiro atoms. The molecule has 64 heavy (non-hydrogen) atoms. The molecule has 0 bridgehead atoms. The van der Waals surface area contributed by atoms with E-state index < -0.39 is 63.8 Å². The molecule has 0 aromatic carbocycles. The van der Waals surface area contributed by atoms with E-state index in [2.05, 4.69) is 18.4 Å². The number of carbonyl (C=O) groups excluding carboxylic acids is 3. The van der Waals surface area contributed by atoms with E-state index >= 15 is 0 Å². The highest BCUT2D eigenvalue weighted by Crippen LogP contribution is 2.43. The number of allylic oxidation sites excluding steroid dienone is 5. The zero-order valence-electron chi connectivity index (χ0n) is 39.7. The van der Waals surface area contributed by atoms with E-state index in [1.807, 2.05) is 18.2 Å². The molecule has 0 fully saturated rings. The van der Waals surface area contributed by atoms with Crippen molar-refractivity contribution in [2.75, 3.05) is 19.8 Å². The first-order valence-electron chi connectivity index (χ1n) is 25.1. The number of unbranched alkanes of at least 4 members (excludes halogenated alkanes) is 23. The van der Waals surface area contributed by atoms with Crippen molar-refractivity contribution in [1.82, 2.24) is 0 Å². The van der Waals surface area contributed by atoms with Crippen LogP contribution in [0.25, 0.3) is 0 Å². The van der Waals surface area contributed by atoms with Crippen molar-refractivity contribution in [1.29, 1.82) is 0 Å². The van der Waals surface area contributed by atoms with Crippen molar-refractivity contribution < 1.29 is 57.4 Å². The van der Waals surface area contributed by atoms with Gasteiger partial charge in [-0.25, -0.2) is 4.57 Å². The summed E-state index contributed by atoms with van der Waals surface area (Å²) in [5.41, 5.74) is 5.34. The molecule has 0 aromatic rings. The van der Waals surface area contributed by atoms with Gasteiger partial charge in [0.05, 0.1) is 19.3 Å². The molecule has 0 amide bonds. The molecule has 0 saturated carbocycles. The van der Waals surface area contributed by atoms with Gasteiger partial charge in [0, 0.05) is 18.8 Å². The largest absolute Gasteiger partial charge is 0.480 e. The highest BCUT2D eigenvalue weighted by molar-refractivity contribution is 7.47. The van der Waals surface area contributed by atoms with Crippen LogP contribution in [0.5, 0.6) is 0 Å². The third-order valence-electron chi connectivity index (χ3n) is 11.6. The van der Waals surface area contributed by atoms with Gasteiger partial charge in [0.1, 0.15) is 12.6 Å². The molecule has 1 rings (SSSR count). The third kappa shape index (κ3) is 33.8. The van der Waals surface area contributed by atoms with E-state index in [4.69, 9.17) is 24.8 Å². The molecule has 370 valence electrons. The van der Waals surface area contributed by atoms with Crippen molar-refractivity contribution in [2.24, 2.45) is 17.6 Å². The first kappa shape index (κ1) is 59.3. The summed E-state index contributed by atoms with van der Waals surface area (Å²) < 4.78 is 32.8. The lowest BCUT2D eigenvalue weighted by Crippen LogP contribution is -2.34. The standard InChI is InChI=1S/C50H88NO12P/c1-3-5-7-8-9-10-11-12-13-14-15-16-17-18-19-20-21-22-23-24-29-33-48(54)60-39-44(40-61-64(58,59)62-41-46(51)50(56)57)63-49(55)34-30-26-25-28-31-42-35-38-47(53)45(42)37-36-43(52)32-27-6-4-2/h25,28,35-38,42-46,52H,3-24,26-27,29-34,39-41,51H2,1-2H3,(H,56,57)(H,58,59)/b28-25-,37-36+/t42-,43-,44+,45+,46-/m0/s1. The van der Waals surface area contributed by atoms with Crippen LogP contribution in [0.1, 0.15) is 206 Å². The fourth-order valence-electron chi connectivity index (χ4n) is 7.59. The number of hydrogen-bond acceptors (Lipinski definition) is 11. The van der Waals surface area contributed by atoms with Crippen LogP contribution in [0.2, 0.25) is 0 Å². The number of aliphatic hydroxyl groups is 1. The van der Waals surface area contributed by atoms with Gasteiger partial charge in [-0.15, -0.1) is 0 Å². The molecule has 0 heterocycles. The minimum absolute atomic E-state index is 0.0120. The molecule has 1 aliphatic rings. The monoisotopic (exact) mass is 926 g/mol. The fourth-order valence-corrected chi connectivity index (χ4v) is 8.37. The van der Waals surface area contributed by atoms with Gasteiger partial charge in [-0.3, -0.25) is 28.2 Å². The minimum atomic E-state index is -4.78. The number of aliphatic hydroxyl groups excluding tert-OH is 1. The number of ketones is 1. The van der Waals surface area contributed by atoms with E-state index in [-0.39, 0.29) is 30.5 Å². The second-order valence-electron chi connectivity index (χ2n) is 17.6. The van der Waals surface area contributed by atoms with Crippen LogP contribution >= 0.6 is 7.82 Å². The fraction of sp³-hybridized carbons (Fsp3) is 0.800. The molecule has 0 aliphatic heterocycles. The number of aliphatic carboxylic acids is 1. The highest BCUT2D eigenvalue weighted by atomic mass is 31.2. The lowest BCUT2D eigenvalue weighted by Gasteiger charge is -2.20. The van der Waals surface area contributed by atoms with Crippen LogP contribution in [0, 0.1) is 11.8 Å². The molecule has 0 aromatic heterocycles. The Morgan fingerprint density at radius 3 is 1.75 bits per heavy atom. The molecule has 13 nitrogen and oxygen atoms in total. The number of ether oxygens (including phenoxy) is 2. The zero-order valence-corrected chi connectivity index (χ0v) is 40.6. The lowest BCUT2D eigenvalue weighted by molar-refractivity contribution is -0.161. The van der Waals surface area contributed by atoms with Gasteiger partial charge < -0.3 is 30.3 Å². The number of phosphoric acid groups is 1. The molecular weight excluding hydrogens is 838 g/mol. The normalized spacial score (nSPS) is 17.5. The molecule has 1 aliphatic carbocycles. The Kier molecular flexibility index (Phi) is 36.6. The van der Waals surface area contributed by atoms with Crippen molar-refractivity contribution in [3.63, 3.8) is 0 Å². The summed E-state index contributed by atoms with van der Waals surface area (Å²) in [6, 6.07) is -1.55. The molecule has 0 saturated heterocycles. The summed E-state index contributed by atoms with van der Waals surface area (Å²) in [7, 11) is -4.78. The maximum atomic E-state index is 12.8. The maximum Gasteiger partial charge on any atom is 0.472 e. The van der Waals surface area contributed by atoms with Gasteiger partial charge in [0.2, 0.25) is 0 Å². The van der Waals surface area contributed by atoms with E-state index in [0.29, 0.717) is 32.1 Å². The van der Waals surface area contributed by atoms with Crippen LogP contribution in [-0.4, -0.2) is 76.9 Å². The van der Waals surface area contributed by atoms with Crippen LogP contribution in [0.15, 0.2) is 36.5 Å². The molecule has 1 unspecified atom stereocenters. The minimum Gasteiger partial charge on any atom is -0.480 e. The molecule has 5 N–H and O–H groups in total. The van der Waals surface area contributed by atoms with Gasteiger partial charge >= 0.3 is 25.7 Å². The second kappa shape index (κ2) is 39.5. The Morgan fingerprint density at radius 2 is 1.20 bits per heavy atom. The smallest absolute Gasteiger partial charge is 0.472 e. The molecule has 14 heteroatoms. The molecule has 0 radical (unpaired) electrons. The first-order valence-corrected chi connectivity index (χ1v) is 26.6. The average molecular weight is 926 g/mol. The SMILES string of the molecule is CCCCCCCCCCCCCCCCCCCCCCCC(=O)OC[C@H](COP(=O)(O)OC[C@H](N)C(=O)O)OC(=O)CCC/C=C\C[C@H]1C=CC(=O)[C@@H]1/C=C/[C@@H](O)CCCCC. The van der Waals surface area contributed by atoms with Crippen molar-refractivity contribution in [3.05, 3.63) is 36.5 Å². The Hall–Kier alpha value is -2.67. The first-order chi connectivity index (χ1) is 30.9. The van der Waals surface area contributed by atoms with E-state index in [1.54, 1.807) is 18.2 Å². The van der Waals surface area contributed by atoms with Crippen molar-refractivity contribution in [2.45, 2.75) is 225 Å². The van der Waals surface area contributed by atoms with Gasteiger partial charge in [-0.1, -0.05) is 192 Å². The lowest BCUT2D eigenvalue weighted by atomic mass is 9.90. The predicted octanol–water partition coefficient (Wildman–Crippen LogP) is 11.6. The van der Waals surface area contributed by atoms with E-state index in [9.17, 15) is 33.7 Å². The summed E-state index contributed by atoms with van der Waals surface area (Å²) in [6.45, 7) is 2.53. The summed E-state index contributed by atoms with van der Waals surface area (Å²) in [4.78, 5) is 58.7. The van der Waals surface area contributed by atoms with Crippen LogP contribution in [-0.2, 0) is 42.3 Å². The Labute approximate surface area is 386 Å². The number of hydrogen-bond donors (Lipinski definition) is 4. The Morgan fingerprint density at radius 1 is 0.703 bits per heavy atom. The van der Waals surface area contributed by atoms with E-state index in [0.717, 1.165) is 38.5 Å². The highest BCUT2D eigenvalue weighted by Gasteiger charge is 2.29. The summed E-state index contributed by atoms with van der Waals surface area (Å²) in [6.07, 6.45) is 41.3. The summed E-state index contributed by atoms with van der Waals surface area (Å²) in [5, 5.41) is 19.2. The number of carbonyl (C=O) groups is 4. The second-order valence-corrected chi connectivity index (χ2v) is 19.1. The zero-order chi connectivity index (χ0) is 47.1. The maximum absolute atomic E-state index is 12.8. The summed E-state index contributed by atoms with van der Waals surface area (Å²) >= 11 is 0. The number of carboxylic acids is 1. The van der Waals surface area contributed by atoms with Gasteiger partial charge in [0.15, 0.2) is 11.9 Å². The summed E-state index contributed by atoms with van der Waals surface area (Å²) in [5.74, 6) is -2.86. The van der Waals surface area contributed by atoms with E-state index in [1.165, 1.54) is 109 Å². The van der Waals surface area contributed by atoms with Gasteiger partial charge in [0.25, 0.3) is 0 Å². The number of nitrogens with two attached hydrogens (primary N) is 1. The van der Waals surface area contributed by atoms with Crippen molar-refractivity contribution in [3.8, 4) is 0 Å². The number of rotatable bonds is 44. The average Bonchev–Trinajstić information content (AvgIpc) is 3.62. The van der Waals surface area contributed by atoms with Gasteiger partial charge in [-0.05, 0) is 44.1 Å². The van der Waals surface area contributed by atoms with Crippen LogP contribution < -0.4 is 5.73 Å². The van der Waals surface area contributed by atoms with Gasteiger partial charge in [-0.2, -0.15) is 0 Å². The number of carboxylic acid groups (broad SMARTS) is 1. The predicted molar refractivity (Wildman–Crippen MR) is 253 cm³/mol. The quantitative estimate of drug-likeness (QED) is 0.0194. The third-order valence-corrected chi connectivity index (χ3v) is 12.6.